The number of hydrogen-bond donors (Lipinski definition) is 0. The molecule has 14 heavy (non-hydrogen) atoms. The van der Waals surface area contributed by atoms with Crippen LogP contribution < -0.4 is 4.90 Å². The highest BCUT2D eigenvalue weighted by atomic mass is 15.1. The molecule has 0 N–H and O–H groups in total. The van der Waals surface area contributed by atoms with Gasteiger partial charge in [-0.05, 0) is 12.5 Å². The van der Waals surface area contributed by atoms with Crippen LogP contribution in [0.25, 0.3) is 0 Å². The Kier molecular flexibility index (Phi) is 3.47. The Morgan fingerprint density at radius 1 is 1.50 bits per heavy atom. The molecule has 1 aromatic heterocycles. The molecule has 0 aromatic carbocycles. The van der Waals surface area contributed by atoms with Gasteiger partial charge in [0.15, 0.2) is 0 Å². The fourth-order valence-corrected chi connectivity index (χ4v) is 1.41. The molecule has 0 aliphatic carbocycles. The van der Waals surface area contributed by atoms with Gasteiger partial charge in [0.2, 0.25) is 0 Å². The first-order valence-electron chi connectivity index (χ1n) is 4.76. The maximum absolute atomic E-state index is 9.06. The molecule has 0 atom stereocenters. The van der Waals surface area contributed by atoms with Gasteiger partial charge in [0.05, 0.1) is 16.9 Å². The van der Waals surface area contributed by atoms with E-state index in [2.05, 4.69) is 18.0 Å². The van der Waals surface area contributed by atoms with Crippen LogP contribution in [0.4, 0.5) is 5.69 Å². The van der Waals surface area contributed by atoms with Crippen LogP contribution in [0.15, 0.2) is 12.3 Å². The molecule has 0 aliphatic rings. The fraction of sp³-hybridized carbons (Fsp3) is 0.455. The molecule has 3 nitrogen and oxygen atoms in total. The topological polar surface area (TPSA) is 39.9 Å². The molecule has 0 saturated heterocycles. The van der Waals surface area contributed by atoms with Crippen LogP contribution in [0.5, 0.6) is 0 Å². The molecule has 0 saturated carbocycles. The molecule has 1 rings (SSSR count). The van der Waals surface area contributed by atoms with Gasteiger partial charge in [-0.2, -0.15) is 5.26 Å². The second-order valence-corrected chi connectivity index (χ2v) is 3.41. The van der Waals surface area contributed by atoms with E-state index in [0.717, 1.165) is 24.2 Å². The zero-order valence-corrected chi connectivity index (χ0v) is 8.91. The highest BCUT2D eigenvalue weighted by molar-refractivity contribution is 5.59. The smallest absolute Gasteiger partial charge is 0.103 e. The first-order chi connectivity index (χ1) is 6.70. The minimum absolute atomic E-state index is 0.708. The largest absolute Gasteiger partial charge is 0.376 e. The third kappa shape index (κ3) is 2.02. The van der Waals surface area contributed by atoms with E-state index >= 15 is 0 Å². The minimum atomic E-state index is 0.708. The lowest BCUT2D eigenvalue weighted by Crippen LogP contribution is -2.12. The summed E-state index contributed by atoms with van der Waals surface area (Å²) in [6, 6.07) is 4.10. The van der Waals surface area contributed by atoms with Gasteiger partial charge in [0.25, 0.3) is 0 Å². The van der Waals surface area contributed by atoms with Crippen molar-refractivity contribution < 1.29 is 0 Å². The lowest BCUT2D eigenvalue weighted by atomic mass is 10.1. The van der Waals surface area contributed by atoms with E-state index in [1.54, 1.807) is 6.20 Å². The van der Waals surface area contributed by atoms with Gasteiger partial charge in [-0.25, -0.2) is 0 Å². The van der Waals surface area contributed by atoms with Gasteiger partial charge < -0.3 is 4.90 Å². The van der Waals surface area contributed by atoms with Crippen LogP contribution >= 0.6 is 0 Å². The summed E-state index contributed by atoms with van der Waals surface area (Å²) in [6.07, 6.45) is 3.64. The standard InChI is InChI=1S/C11H15N3/c1-4-5-10-9(8-12)11(14(2)3)6-7-13-10/h6-7H,4-5H2,1-3H3. The average Bonchev–Trinajstić information content (AvgIpc) is 2.18. The molecule has 3 heteroatoms. The Hall–Kier alpha value is -1.56. The molecule has 0 bridgehead atoms. The SMILES string of the molecule is CCCc1nccc(N(C)C)c1C#N. The first kappa shape index (κ1) is 10.5. The van der Waals surface area contributed by atoms with E-state index in [4.69, 9.17) is 5.26 Å². The molecular weight excluding hydrogens is 174 g/mol. The molecule has 0 aliphatic heterocycles. The highest BCUT2D eigenvalue weighted by Crippen LogP contribution is 2.20. The lowest BCUT2D eigenvalue weighted by Gasteiger charge is -2.15. The van der Waals surface area contributed by atoms with Crippen LogP contribution in [0.1, 0.15) is 24.6 Å². The van der Waals surface area contributed by atoms with Crippen LogP contribution in [-0.4, -0.2) is 19.1 Å². The quantitative estimate of drug-likeness (QED) is 0.729. The Balaban J connectivity index is 3.20. The Morgan fingerprint density at radius 2 is 2.21 bits per heavy atom. The summed E-state index contributed by atoms with van der Waals surface area (Å²) in [4.78, 5) is 6.18. The molecule has 0 unspecified atom stereocenters. The van der Waals surface area contributed by atoms with Gasteiger partial charge in [-0.1, -0.05) is 13.3 Å². The summed E-state index contributed by atoms with van der Waals surface area (Å²) >= 11 is 0. The highest BCUT2D eigenvalue weighted by Gasteiger charge is 2.09. The van der Waals surface area contributed by atoms with Crippen molar-refractivity contribution in [1.29, 1.82) is 5.26 Å². The van der Waals surface area contributed by atoms with Gasteiger partial charge in [0, 0.05) is 20.3 Å². The van der Waals surface area contributed by atoms with Crippen LogP contribution in [0.3, 0.4) is 0 Å². The maximum atomic E-state index is 9.06. The predicted molar refractivity (Wildman–Crippen MR) is 57.3 cm³/mol. The van der Waals surface area contributed by atoms with Gasteiger partial charge >= 0.3 is 0 Å². The molecule has 1 heterocycles. The minimum Gasteiger partial charge on any atom is -0.376 e. The van der Waals surface area contributed by atoms with Crippen molar-refractivity contribution in [2.75, 3.05) is 19.0 Å². The summed E-state index contributed by atoms with van der Waals surface area (Å²) < 4.78 is 0. The first-order valence-corrected chi connectivity index (χ1v) is 4.76. The van der Waals surface area contributed by atoms with Gasteiger partial charge in [0.1, 0.15) is 6.07 Å². The predicted octanol–water partition coefficient (Wildman–Crippen LogP) is 1.97. The molecule has 0 fully saturated rings. The summed E-state index contributed by atoms with van der Waals surface area (Å²) in [5.41, 5.74) is 2.56. The van der Waals surface area contributed by atoms with Crippen molar-refractivity contribution in [2.45, 2.75) is 19.8 Å². The molecule has 0 radical (unpaired) electrons. The molecule has 0 spiro atoms. The van der Waals surface area contributed by atoms with Crippen molar-refractivity contribution in [3.05, 3.63) is 23.5 Å². The summed E-state index contributed by atoms with van der Waals surface area (Å²) in [6.45, 7) is 2.09. The summed E-state index contributed by atoms with van der Waals surface area (Å²) in [7, 11) is 3.87. The maximum Gasteiger partial charge on any atom is 0.103 e. The monoisotopic (exact) mass is 189 g/mol. The second kappa shape index (κ2) is 4.61. The van der Waals surface area contributed by atoms with E-state index < -0.39 is 0 Å². The van der Waals surface area contributed by atoms with Crippen LogP contribution in [0.2, 0.25) is 0 Å². The number of pyridine rings is 1. The number of anilines is 1. The summed E-state index contributed by atoms with van der Waals surface area (Å²) in [5, 5.41) is 9.06. The van der Waals surface area contributed by atoms with E-state index in [1.165, 1.54) is 0 Å². The van der Waals surface area contributed by atoms with Crippen molar-refractivity contribution in [1.82, 2.24) is 4.98 Å². The van der Waals surface area contributed by atoms with Crippen molar-refractivity contribution in [2.24, 2.45) is 0 Å². The van der Waals surface area contributed by atoms with Crippen molar-refractivity contribution >= 4 is 5.69 Å². The summed E-state index contributed by atoms with van der Waals surface area (Å²) in [5.74, 6) is 0. The van der Waals surface area contributed by atoms with E-state index in [0.29, 0.717) is 5.56 Å². The Bertz CT molecular complexity index is 350. The molecule has 1 aromatic rings. The van der Waals surface area contributed by atoms with Crippen molar-refractivity contribution in [3.63, 3.8) is 0 Å². The van der Waals surface area contributed by atoms with E-state index in [9.17, 15) is 0 Å². The molecule has 74 valence electrons. The third-order valence-electron chi connectivity index (χ3n) is 2.09. The van der Waals surface area contributed by atoms with Gasteiger partial charge in [-0.3, -0.25) is 4.98 Å². The second-order valence-electron chi connectivity index (χ2n) is 3.41. The molecular formula is C11H15N3. The fourth-order valence-electron chi connectivity index (χ4n) is 1.41. The number of nitriles is 1. The number of nitrogens with zero attached hydrogens (tertiary/aromatic N) is 3. The zero-order valence-electron chi connectivity index (χ0n) is 8.91. The van der Waals surface area contributed by atoms with Crippen LogP contribution in [-0.2, 0) is 6.42 Å². The van der Waals surface area contributed by atoms with Crippen LogP contribution in [0, 0.1) is 11.3 Å². The zero-order chi connectivity index (χ0) is 10.6. The third-order valence-corrected chi connectivity index (χ3v) is 2.09. The Labute approximate surface area is 85.0 Å². The number of aromatic nitrogens is 1. The lowest BCUT2D eigenvalue weighted by molar-refractivity contribution is 0.875. The number of aryl methyl sites for hydroxylation is 1. The van der Waals surface area contributed by atoms with E-state index in [1.807, 2.05) is 25.1 Å². The Morgan fingerprint density at radius 3 is 2.71 bits per heavy atom. The van der Waals surface area contributed by atoms with Crippen molar-refractivity contribution in [3.8, 4) is 6.07 Å². The van der Waals surface area contributed by atoms with Gasteiger partial charge in [-0.15, -0.1) is 0 Å². The van der Waals surface area contributed by atoms with E-state index in [-0.39, 0.29) is 0 Å². The average molecular weight is 189 g/mol. The number of hydrogen-bond acceptors (Lipinski definition) is 3. The molecule has 0 amide bonds. The normalized spacial score (nSPS) is 9.57. The number of rotatable bonds is 3.